The molecule has 2 aromatic rings. The summed E-state index contributed by atoms with van der Waals surface area (Å²) in [6.45, 7) is 5.60. The van der Waals surface area contributed by atoms with Crippen molar-refractivity contribution in [2.24, 2.45) is 5.10 Å². The first-order valence-electron chi connectivity index (χ1n) is 9.01. The molecule has 0 heterocycles. The molecule has 0 fully saturated rings. The van der Waals surface area contributed by atoms with Crippen LogP contribution in [0, 0.1) is 0 Å². The minimum Gasteiger partial charge on any atom is -0.484 e. The monoisotopic (exact) mass is 399 g/mol. The Kier molecular flexibility index (Phi) is 8.55. The molecule has 0 aliphatic rings. The fourth-order valence-electron chi connectivity index (χ4n) is 2.18. The van der Waals surface area contributed by atoms with Crippen LogP contribution < -0.4 is 15.5 Å². The topological polar surface area (TPSA) is 79.8 Å². The lowest BCUT2D eigenvalue weighted by Crippen LogP contribution is -2.34. The van der Waals surface area contributed by atoms with E-state index < -0.39 is 0 Å². The van der Waals surface area contributed by atoms with E-state index in [1.807, 2.05) is 51.1 Å². The smallest absolute Gasteiger partial charge is 0.258 e. The van der Waals surface area contributed by atoms with Crippen LogP contribution in [0.4, 0.5) is 0 Å². The molecular weight excluding hydrogens is 374 g/mol. The van der Waals surface area contributed by atoms with Gasteiger partial charge >= 0.3 is 0 Å². The van der Waals surface area contributed by atoms with E-state index in [1.54, 1.807) is 30.5 Å². The van der Waals surface area contributed by atoms with Crippen molar-refractivity contribution in [1.29, 1.82) is 0 Å². The Bertz CT molecular complexity index is 792. The molecule has 2 aromatic carbocycles. The fraction of sp³-hybridized carbons (Fsp3) is 0.286. The summed E-state index contributed by atoms with van der Waals surface area (Å²) in [6, 6.07) is 16.9. The summed E-state index contributed by atoms with van der Waals surface area (Å²) in [5.74, 6) is 0.264. The number of hydrogen-bond acceptors (Lipinski definition) is 5. The molecule has 2 N–H and O–H groups in total. The molecule has 0 aliphatic carbocycles. The second kappa shape index (κ2) is 11.1. The number of hydrazone groups is 1. The Morgan fingerprint density at radius 2 is 1.75 bits per heavy atom. The molecule has 2 rings (SSSR count). The first-order valence-corrected chi connectivity index (χ1v) is 9.89. The third-order valence-corrected chi connectivity index (χ3v) is 4.63. The lowest BCUT2D eigenvalue weighted by atomic mass is 10.2. The van der Waals surface area contributed by atoms with Gasteiger partial charge in [0.1, 0.15) is 5.75 Å². The van der Waals surface area contributed by atoms with E-state index in [0.29, 0.717) is 5.75 Å². The highest BCUT2D eigenvalue weighted by Crippen LogP contribution is 2.22. The van der Waals surface area contributed by atoms with Crippen LogP contribution in [0.1, 0.15) is 26.3 Å². The summed E-state index contributed by atoms with van der Waals surface area (Å²) in [5, 5.41) is 6.50. The van der Waals surface area contributed by atoms with Gasteiger partial charge in [-0.15, -0.1) is 11.8 Å². The first-order chi connectivity index (χ1) is 13.4. The Balaban J connectivity index is 1.77. The second-order valence-corrected chi connectivity index (χ2v) is 7.80. The average molecular weight is 400 g/mol. The lowest BCUT2D eigenvalue weighted by Gasteiger charge is -2.10. The summed E-state index contributed by atoms with van der Waals surface area (Å²) in [4.78, 5) is 24.7. The zero-order valence-corrected chi connectivity index (χ0v) is 17.0. The average Bonchev–Trinajstić information content (AvgIpc) is 2.67. The van der Waals surface area contributed by atoms with Gasteiger partial charge in [0.15, 0.2) is 6.61 Å². The third kappa shape index (κ3) is 7.84. The van der Waals surface area contributed by atoms with E-state index in [0.717, 1.165) is 10.5 Å². The van der Waals surface area contributed by atoms with Crippen molar-refractivity contribution in [2.75, 3.05) is 6.61 Å². The number of nitrogens with zero attached hydrogens (tertiary/aromatic N) is 1. The standard InChI is InChI=1S/C21H25N3O3S/c1-15(2)23-20(25)14-27-18-11-9-17(10-12-18)13-22-24-21(26)16(3)28-19-7-5-4-6-8-19/h4-13,15-16H,14H2,1-3H3,(H,23,25)(H,24,26)/b22-13-/t16-/m0/s1. The Morgan fingerprint density at radius 1 is 1.07 bits per heavy atom. The van der Waals surface area contributed by atoms with Crippen LogP contribution in [0.3, 0.4) is 0 Å². The number of hydrogen-bond donors (Lipinski definition) is 2. The number of ether oxygens (including phenoxy) is 1. The van der Waals surface area contributed by atoms with Crippen molar-refractivity contribution >= 4 is 29.8 Å². The Morgan fingerprint density at radius 3 is 2.39 bits per heavy atom. The zero-order valence-electron chi connectivity index (χ0n) is 16.2. The number of rotatable bonds is 9. The summed E-state index contributed by atoms with van der Waals surface area (Å²) in [5.41, 5.74) is 3.36. The van der Waals surface area contributed by atoms with Crippen molar-refractivity contribution in [3.63, 3.8) is 0 Å². The van der Waals surface area contributed by atoms with Crippen molar-refractivity contribution in [3.8, 4) is 5.75 Å². The van der Waals surface area contributed by atoms with Gasteiger partial charge in [0.05, 0.1) is 11.5 Å². The van der Waals surface area contributed by atoms with Crippen molar-refractivity contribution in [2.45, 2.75) is 37.0 Å². The van der Waals surface area contributed by atoms with Gasteiger partial charge in [-0.05, 0) is 62.7 Å². The predicted molar refractivity (Wildman–Crippen MR) is 113 cm³/mol. The Labute approximate surface area is 169 Å². The van der Waals surface area contributed by atoms with E-state index >= 15 is 0 Å². The summed E-state index contributed by atoms with van der Waals surface area (Å²) >= 11 is 1.48. The molecule has 0 aliphatic heterocycles. The van der Waals surface area contributed by atoms with Crippen LogP contribution in [-0.2, 0) is 9.59 Å². The molecule has 0 saturated heterocycles. The van der Waals surface area contributed by atoms with E-state index in [9.17, 15) is 9.59 Å². The molecule has 2 amide bonds. The van der Waals surface area contributed by atoms with Crippen molar-refractivity contribution < 1.29 is 14.3 Å². The lowest BCUT2D eigenvalue weighted by molar-refractivity contribution is -0.123. The fourth-order valence-corrected chi connectivity index (χ4v) is 3.06. The molecule has 6 nitrogen and oxygen atoms in total. The maximum Gasteiger partial charge on any atom is 0.258 e. The van der Waals surface area contributed by atoms with Crippen LogP contribution in [-0.4, -0.2) is 35.9 Å². The molecule has 0 aromatic heterocycles. The number of nitrogens with one attached hydrogen (secondary N) is 2. The number of thioether (sulfide) groups is 1. The highest BCUT2D eigenvalue weighted by molar-refractivity contribution is 8.00. The SMILES string of the molecule is CC(C)NC(=O)COc1ccc(/C=N\NC(=O)[C@H](C)Sc2ccccc2)cc1. The predicted octanol–water partition coefficient (Wildman–Crippen LogP) is 3.22. The number of amides is 2. The molecule has 0 unspecified atom stereocenters. The van der Waals surface area contributed by atoms with Gasteiger partial charge in [-0.3, -0.25) is 9.59 Å². The Hall–Kier alpha value is -2.80. The van der Waals surface area contributed by atoms with E-state index in [1.165, 1.54) is 11.8 Å². The maximum absolute atomic E-state index is 12.1. The second-order valence-electron chi connectivity index (χ2n) is 6.39. The van der Waals surface area contributed by atoms with Crippen LogP contribution in [0.25, 0.3) is 0 Å². The molecule has 28 heavy (non-hydrogen) atoms. The highest BCUT2D eigenvalue weighted by Gasteiger charge is 2.13. The highest BCUT2D eigenvalue weighted by atomic mass is 32.2. The molecular formula is C21H25N3O3S. The summed E-state index contributed by atoms with van der Waals surface area (Å²) in [6.07, 6.45) is 1.56. The minimum absolute atomic E-state index is 0.0291. The summed E-state index contributed by atoms with van der Waals surface area (Å²) in [7, 11) is 0. The van der Waals surface area contributed by atoms with Crippen LogP contribution in [0.5, 0.6) is 5.75 Å². The van der Waals surface area contributed by atoms with Gasteiger partial charge in [0.25, 0.3) is 11.8 Å². The molecule has 0 radical (unpaired) electrons. The number of benzene rings is 2. The van der Waals surface area contributed by atoms with Crippen LogP contribution >= 0.6 is 11.8 Å². The van der Waals surface area contributed by atoms with Gasteiger partial charge in [-0.25, -0.2) is 5.43 Å². The number of carbonyl (C=O) groups is 2. The van der Waals surface area contributed by atoms with Gasteiger partial charge in [-0.1, -0.05) is 18.2 Å². The van der Waals surface area contributed by atoms with E-state index in [4.69, 9.17) is 4.74 Å². The summed E-state index contributed by atoms with van der Waals surface area (Å²) < 4.78 is 5.43. The molecule has 0 bridgehead atoms. The third-order valence-electron chi connectivity index (χ3n) is 3.51. The number of carbonyl (C=O) groups excluding carboxylic acids is 2. The van der Waals surface area contributed by atoms with Gasteiger partial charge in [0, 0.05) is 10.9 Å². The van der Waals surface area contributed by atoms with Gasteiger partial charge in [-0.2, -0.15) is 5.10 Å². The molecule has 7 heteroatoms. The molecule has 0 saturated carbocycles. The van der Waals surface area contributed by atoms with Crippen molar-refractivity contribution in [1.82, 2.24) is 10.7 Å². The molecule has 0 spiro atoms. The largest absolute Gasteiger partial charge is 0.484 e. The quantitative estimate of drug-likeness (QED) is 0.385. The molecule has 148 valence electrons. The van der Waals surface area contributed by atoms with Gasteiger partial charge in [0.2, 0.25) is 0 Å². The van der Waals surface area contributed by atoms with Crippen LogP contribution in [0.15, 0.2) is 64.6 Å². The maximum atomic E-state index is 12.1. The van der Waals surface area contributed by atoms with E-state index in [2.05, 4.69) is 15.8 Å². The normalized spacial score (nSPS) is 12.0. The van der Waals surface area contributed by atoms with Gasteiger partial charge < -0.3 is 10.1 Å². The zero-order chi connectivity index (χ0) is 20.4. The minimum atomic E-state index is -0.257. The first kappa shape index (κ1) is 21.5. The van der Waals surface area contributed by atoms with E-state index in [-0.39, 0.29) is 29.7 Å². The van der Waals surface area contributed by atoms with Crippen molar-refractivity contribution in [3.05, 3.63) is 60.2 Å². The molecule has 1 atom stereocenters. The van der Waals surface area contributed by atoms with Crippen LogP contribution in [0.2, 0.25) is 0 Å².